The molecule has 2 unspecified atom stereocenters. The molecule has 1 fully saturated rings. The van der Waals surface area contributed by atoms with Crippen LogP contribution in [0.4, 0.5) is 5.69 Å². The maximum Gasteiger partial charge on any atom is 0.330 e. The fourth-order valence-corrected chi connectivity index (χ4v) is 3.79. The number of ether oxygens (including phenoxy) is 1. The van der Waals surface area contributed by atoms with Crippen molar-refractivity contribution in [2.45, 2.75) is 25.8 Å². The van der Waals surface area contributed by atoms with E-state index in [0.29, 0.717) is 18.6 Å². The Morgan fingerprint density at radius 1 is 1.21 bits per heavy atom. The number of carboxylic acid groups (broad SMARTS) is 1. The minimum atomic E-state index is -1.17. The SMILES string of the molecule is Cc1ccc(N2CC(C(=O)NC(C(=O)O)c3ccc4c(c3)CCO4)CC2=O)cc1. The van der Waals surface area contributed by atoms with Gasteiger partial charge in [-0.05, 0) is 42.3 Å². The number of carbonyl (C=O) groups excluding carboxylic acids is 2. The maximum atomic E-state index is 12.8. The second-order valence-electron chi connectivity index (χ2n) is 7.49. The third kappa shape index (κ3) is 3.81. The van der Waals surface area contributed by atoms with Gasteiger partial charge < -0.3 is 20.1 Å². The Balaban J connectivity index is 1.48. The summed E-state index contributed by atoms with van der Waals surface area (Å²) in [6.07, 6.45) is 0.774. The number of benzene rings is 2. The van der Waals surface area contributed by atoms with Gasteiger partial charge in [0.15, 0.2) is 6.04 Å². The number of nitrogens with zero attached hydrogens (tertiary/aromatic N) is 1. The van der Waals surface area contributed by atoms with Crippen LogP contribution in [0.5, 0.6) is 5.75 Å². The zero-order valence-corrected chi connectivity index (χ0v) is 16.1. The Kier molecular flexibility index (Phi) is 4.96. The van der Waals surface area contributed by atoms with Crippen LogP contribution in [-0.2, 0) is 20.8 Å². The number of carbonyl (C=O) groups is 3. The number of aryl methyl sites for hydroxylation is 1. The molecule has 150 valence electrons. The van der Waals surface area contributed by atoms with Crippen LogP contribution in [0.25, 0.3) is 0 Å². The molecule has 0 radical (unpaired) electrons. The lowest BCUT2D eigenvalue weighted by Gasteiger charge is -2.19. The van der Waals surface area contributed by atoms with Crippen molar-refractivity contribution in [2.75, 3.05) is 18.1 Å². The molecule has 7 heteroatoms. The highest BCUT2D eigenvalue weighted by Gasteiger charge is 2.37. The molecule has 0 spiro atoms. The van der Waals surface area contributed by atoms with Gasteiger partial charge in [0.1, 0.15) is 5.75 Å². The highest BCUT2D eigenvalue weighted by molar-refractivity contribution is 6.00. The average Bonchev–Trinajstić information content (AvgIpc) is 3.32. The van der Waals surface area contributed by atoms with E-state index >= 15 is 0 Å². The Morgan fingerprint density at radius 3 is 2.69 bits per heavy atom. The molecule has 2 N–H and O–H groups in total. The van der Waals surface area contributed by atoms with E-state index in [9.17, 15) is 19.5 Å². The smallest absolute Gasteiger partial charge is 0.330 e. The maximum absolute atomic E-state index is 12.8. The molecule has 0 saturated carbocycles. The molecule has 2 heterocycles. The summed E-state index contributed by atoms with van der Waals surface area (Å²) in [5.74, 6) is -1.56. The summed E-state index contributed by atoms with van der Waals surface area (Å²) in [4.78, 5) is 38.6. The molecule has 2 aromatic rings. The van der Waals surface area contributed by atoms with E-state index in [-0.39, 0.29) is 18.9 Å². The zero-order valence-electron chi connectivity index (χ0n) is 16.1. The van der Waals surface area contributed by atoms with Gasteiger partial charge in [0.25, 0.3) is 0 Å². The van der Waals surface area contributed by atoms with E-state index in [4.69, 9.17) is 4.74 Å². The van der Waals surface area contributed by atoms with Crippen LogP contribution in [0.15, 0.2) is 42.5 Å². The van der Waals surface area contributed by atoms with Gasteiger partial charge in [0.05, 0.1) is 12.5 Å². The van der Waals surface area contributed by atoms with E-state index < -0.39 is 23.8 Å². The van der Waals surface area contributed by atoms with Crippen molar-refractivity contribution in [3.63, 3.8) is 0 Å². The fourth-order valence-electron chi connectivity index (χ4n) is 3.79. The number of aliphatic carboxylic acids is 1. The van der Waals surface area contributed by atoms with Crippen molar-refractivity contribution >= 4 is 23.5 Å². The summed E-state index contributed by atoms with van der Waals surface area (Å²) in [6.45, 7) is 2.77. The molecule has 29 heavy (non-hydrogen) atoms. The van der Waals surface area contributed by atoms with Gasteiger partial charge in [-0.2, -0.15) is 0 Å². The van der Waals surface area contributed by atoms with Crippen molar-refractivity contribution in [3.8, 4) is 5.75 Å². The van der Waals surface area contributed by atoms with Crippen LogP contribution in [0.1, 0.15) is 29.2 Å². The summed E-state index contributed by atoms with van der Waals surface area (Å²) < 4.78 is 5.45. The quantitative estimate of drug-likeness (QED) is 0.811. The summed E-state index contributed by atoms with van der Waals surface area (Å²) >= 11 is 0. The molecular formula is C22H22N2O5. The topological polar surface area (TPSA) is 95.9 Å². The van der Waals surface area contributed by atoms with Crippen LogP contribution in [0, 0.1) is 12.8 Å². The lowest BCUT2D eigenvalue weighted by Crippen LogP contribution is -2.38. The van der Waals surface area contributed by atoms with Crippen molar-refractivity contribution in [1.29, 1.82) is 0 Å². The van der Waals surface area contributed by atoms with Gasteiger partial charge in [-0.3, -0.25) is 9.59 Å². The minimum Gasteiger partial charge on any atom is -0.493 e. The molecule has 1 saturated heterocycles. The van der Waals surface area contributed by atoms with Crippen molar-refractivity contribution < 1.29 is 24.2 Å². The van der Waals surface area contributed by atoms with Gasteiger partial charge in [-0.1, -0.05) is 23.8 Å². The molecular weight excluding hydrogens is 372 g/mol. The first-order valence-corrected chi connectivity index (χ1v) is 9.58. The number of amides is 2. The second kappa shape index (κ2) is 7.58. The first-order valence-electron chi connectivity index (χ1n) is 9.58. The zero-order chi connectivity index (χ0) is 20.5. The monoisotopic (exact) mass is 394 g/mol. The average molecular weight is 394 g/mol. The van der Waals surface area contributed by atoms with Gasteiger partial charge in [-0.15, -0.1) is 0 Å². The number of anilines is 1. The molecule has 0 aliphatic carbocycles. The Labute approximate surface area is 168 Å². The molecule has 2 amide bonds. The molecule has 4 rings (SSSR count). The lowest BCUT2D eigenvalue weighted by atomic mass is 10.0. The molecule has 2 aromatic carbocycles. The van der Waals surface area contributed by atoms with E-state index in [0.717, 1.165) is 22.6 Å². The number of rotatable bonds is 5. The Bertz CT molecular complexity index is 970. The van der Waals surface area contributed by atoms with E-state index in [1.165, 1.54) is 0 Å². The standard InChI is InChI=1S/C22H22N2O5/c1-13-2-5-17(6-3-13)24-12-16(11-19(24)25)21(26)23-20(22(27)28)15-4-7-18-14(10-15)8-9-29-18/h2-7,10,16,20H,8-9,11-12H2,1H3,(H,23,26)(H,27,28). The second-order valence-corrected chi connectivity index (χ2v) is 7.49. The molecule has 7 nitrogen and oxygen atoms in total. The van der Waals surface area contributed by atoms with Crippen LogP contribution in [0.2, 0.25) is 0 Å². The molecule has 2 aliphatic rings. The van der Waals surface area contributed by atoms with E-state index in [1.54, 1.807) is 23.1 Å². The third-order valence-corrected chi connectivity index (χ3v) is 5.42. The van der Waals surface area contributed by atoms with E-state index in [1.807, 2.05) is 31.2 Å². The van der Waals surface area contributed by atoms with Crippen LogP contribution in [-0.4, -0.2) is 36.0 Å². The third-order valence-electron chi connectivity index (χ3n) is 5.42. The van der Waals surface area contributed by atoms with Gasteiger partial charge in [0, 0.05) is 25.1 Å². The largest absolute Gasteiger partial charge is 0.493 e. The summed E-state index contributed by atoms with van der Waals surface area (Å²) in [7, 11) is 0. The van der Waals surface area contributed by atoms with Crippen LogP contribution < -0.4 is 15.0 Å². The van der Waals surface area contributed by atoms with Gasteiger partial charge in [-0.25, -0.2) is 4.79 Å². The number of carboxylic acids is 1. The Morgan fingerprint density at radius 2 is 1.97 bits per heavy atom. The van der Waals surface area contributed by atoms with Crippen LogP contribution in [0.3, 0.4) is 0 Å². The molecule has 0 bridgehead atoms. The van der Waals surface area contributed by atoms with Crippen molar-refractivity contribution in [2.24, 2.45) is 5.92 Å². The number of nitrogens with one attached hydrogen (secondary N) is 1. The predicted octanol–water partition coefficient (Wildman–Crippen LogP) is 2.22. The molecule has 2 aliphatic heterocycles. The Hall–Kier alpha value is -3.35. The first-order chi connectivity index (χ1) is 13.9. The number of hydrogen-bond donors (Lipinski definition) is 2. The van der Waals surface area contributed by atoms with Gasteiger partial charge in [0.2, 0.25) is 11.8 Å². The lowest BCUT2D eigenvalue weighted by molar-refractivity contribution is -0.142. The highest BCUT2D eigenvalue weighted by atomic mass is 16.5. The highest BCUT2D eigenvalue weighted by Crippen LogP contribution is 2.29. The first kappa shape index (κ1) is 19.0. The molecule has 0 aromatic heterocycles. The van der Waals surface area contributed by atoms with Crippen molar-refractivity contribution in [1.82, 2.24) is 5.32 Å². The van der Waals surface area contributed by atoms with Crippen molar-refractivity contribution in [3.05, 3.63) is 59.2 Å². The minimum absolute atomic E-state index is 0.0596. The fraction of sp³-hybridized carbons (Fsp3) is 0.318. The van der Waals surface area contributed by atoms with E-state index in [2.05, 4.69) is 5.32 Å². The summed E-state index contributed by atoms with van der Waals surface area (Å²) in [5.41, 5.74) is 3.25. The normalized spacial score (nSPS) is 18.9. The predicted molar refractivity (Wildman–Crippen MR) is 106 cm³/mol. The summed E-state index contributed by atoms with van der Waals surface area (Å²) in [6, 6.07) is 11.5. The van der Waals surface area contributed by atoms with Gasteiger partial charge >= 0.3 is 5.97 Å². The summed E-state index contributed by atoms with van der Waals surface area (Å²) in [5, 5.41) is 12.3. The number of fused-ring (bicyclic) bond motifs is 1. The number of hydrogen-bond acceptors (Lipinski definition) is 4. The van der Waals surface area contributed by atoms with Crippen LogP contribution >= 0.6 is 0 Å². The molecule has 2 atom stereocenters.